The van der Waals surface area contributed by atoms with E-state index in [9.17, 15) is 0 Å². The third kappa shape index (κ3) is 2.77. The van der Waals surface area contributed by atoms with E-state index in [2.05, 4.69) is 24.2 Å². The first-order valence-corrected chi connectivity index (χ1v) is 4.28. The van der Waals surface area contributed by atoms with Gasteiger partial charge in [0, 0.05) is 18.6 Å². The summed E-state index contributed by atoms with van der Waals surface area (Å²) in [5, 5.41) is 12.3. The summed E-state index contributed by atoms with van der Waals surface area (Å²) in [6.45, 7) is 4.50. The molecule has 0 aliphatic carbocycles. The fourth-order valence-corrected chi connectivity index (χ4v) is 1.53. The molecule has 0 aromatic rings. The number of rotatable bonds is 1. The summed E-state index contributed by atoms with van der Waals surface area (Å²) in [6, 6.07) is 0.801. The van der Waals surface area contributed by atoms with Crippen LogP contribution in [-0.2, 0) is 0 Å². The number of nitrogens with one attached hydrogen (secondary N) is 1. The monoisotopic (exact) mass is 158 g/mol. The van der Waals surface area contributed by atoms with Crippen molar-refractivity contribution in [2.24, 2.45) is 0 Å². The van der Waals surface area contributed by atoms with E-state index < -0.39 is 0 Å². The highest BCUT2D eigenvalue weighted by Gasteiger charge is 2.17. The van der Waals surface area contributed by atoms with Crippen molar-refractivity contribution in [3.8, 4) is 0 Å². The number of aliphatic hydroxyl groups excluding tert-OH is 1. The van der Waals surface area contributed by atoms with Gasteiger partial charge in [-0.3, -0.25) is 0 Å². The summed E-state index contributed by atoms with van der Waals surface area (Å²) >= 11 is 0. The van der Waals surface area contributed by atoms with Crippen LogP contribution in [0.15, 0.2) is 0 Å². The van der Waals surface area contributed by atoms with E-state index in [4.69, 9.17) is 5.11 Å². The normalized spacial score (nSPS) is 35.2. The van der Waals surface area contributed by atoms with Crippen LogP contribution in [0.5, 0.6) is 0 Å². The second kappa shape index (κ2) is 4.04. The molecule has 0 amide bonds. The van der Waals surface area contributed by atoms with Gasteiger partial charge in [0.2, 0.25) is 0 Å². The summed E-state index contributed by atoms with van der Waals surface area (Å²) in [4.78, 5) is 2.26. The Hall–Kier alpha value is -0.120. The molecule has 0 spiro atoms. The molecule has 3 heteroatoms. The van der Waals surface area contributed by atoms with E-state index in [0.29, 0.717) is 6.04 Å². The van der Waals surface area contributed by atoms with Crippen LogP contribution in [0, 0.1) is 0 Å². The minimum Gasteiger partial charge on any atom is -0.395 e. The van der Waals surface area contributed by atoms with Crippen LogP contribution in [0.3, 0.4) is 0 Å². The molecule has 2 unspecified atom stereocenters. The average Bonchev–Trinajstić information content (AvgIpc) is 2.13. The Labute approximate surface area is 68.4 Å². The van der Waals surface area contributed by atoms with E-state index in [1.54, 1.807) is 0 Å². The minimum atomic E-state index is 0.245. The first-order chi connectivity index (χ1) is 5.22. The zero-order valence-electron chi connectivity index (χ0n) is 7.38. The maximum absolute atomic E-state index is 8.96. The van der Waals surface area contributed by atoms with Gasteiger partial charge in [-0.15, -0.1) is 0 Å². The fraction of sp³-hybridized carbons (Fsp3) is 1.00. The third-order valence-electron chi connectivity index (χ3n) is 2.22. The quantitative estimate of drug-likeness (QED) is 0.548. The van der Waals surface area contributed by atoms with Gasteiger partial charge in [-0.05, 0) is 26.9 Å². The molecular weight excluding hydrogens is 140 g/mol. The SMILES string of the molecule is CC1CCN(C)CC(CO)N1. The van der Waals surface area contributed by atoms with Crippen LogP contribution in [0.2, 0.25) is 0 Å². The number of hydrogen-bond donors (Lipinski definition) is 2. The molecule has 2 atom stereocenters. The van der Waals surface area contributed by atoms with Crippen LogP contribution in [0.1, 0.15) is 13.3 Å². The van der Waals surface area contributed by atoms with Gasteiger partial charge in [0.15, 0.2) is 0 Å². The van der Waals surface area contributed by atoms with Gasteiger partial charge in [-0.1, -0.05) is 0 Å². The summed E-state index contributed by atoms with van der Waals surface area (Å²) < 4.78 is 0. The van der Waals surface area contributed by atoms with Gasteiger partial charge in [0.1, 0.15) is 0 Å². The predicted octanol–water partition coefficient (Wildman–Crippen LogP) is -0.339. The molecule has 1 fully saturated rings. The maximum atomic E-state index is 8.96. The first-order valence-electron chi connectivity index (χ1n) is 4.28. The molecule has 11 heavy (non-hydrogen) atoms. The minimum absolute atomic E-state index is 0.245. The van der Waals surface area contributed by atoms with Crippen molar-refractivity contribution in [2.75, 3.05) is 26.7 Å². The predicted molar refractivity (Wildman–Crippen MR) is 45.6 cm³/mol. The van der Waals surface area contributed by atoms with E-state index in [0.717, 1.165) is 13.1 Å². The largest absolute Gasteiger partial charge is 0.395 e. The lowest BCUT2D eigenvalue weighted by Crippen LogP contribution is -2.41. The molecule has 0 aromatic heterocycles. The molecule has 1 saturated heterocycles. The Morgan fingerprint density at radius 3 is 3.00 bits per heavy atom. The van der Waals surface area contributed by atoms with Crippen molar-refractivity contribution in [1.29, 1.82) is 0 Å². The van der Waals surface area contributed by atoms with Gasteiger partial charge in [-0.25, -0.2) is 0 Å². The molecule has 0 aromatic carbocycles. The van der Waals surface area contributed by atoms with Crippen molar-refractivity contribution in [2.45, 2.75) is 25.4 Å². The molecule has 66 valence electrons. The standard InChI is InChI=1S/C8H18N2O/c1-7-3-4-10(2)5-8(6-11)9-7/h7-9,11H,3-6H2,1-2H3. The second-order valence-corrected chi connectivity index (χ2v) is 3.50. The van der Waals surface area contributed by atoms with E-state index in [1.807, 2.05) is 0 Å². The molecule has 0 saturated carbocycles. The lowest BCUT2D eigenvalue weighted by Gasteiger charge is -2.18. The third-order valence-corrected chi connectivity index (χ3v) is 2.22. The van der Waals surface area contributed by atoms with E-state index in [-0.39, 0.29) is 12.6 Å². The Bertz CT molecular complexity index is 107. The topological polar surface area (TPSA) is 35.5 Å². The molecule has 1 rings (SSSR count). The fourth-order valence-electron chi connectivity index (χ4n) is 1.53. The number of hydrogen-bond acceptors (Lipinski definition) is 3. The molecule has 1 aliphatic rings. The Kier molecular flexibility index (Phi) is 3.30. The lowest BCUT2D eigenvalue weighted by atomic mass is 10.2. The molecule has 3 nitrogen and oxygen atoms in total. The van der Waals surface area contributed by atoms with Gasteiger partial charge in [0.25, 0.3) is 0 Å². The smallest absolute Gasteiger partial charge is 0.0597 e. The summed E-state index contributed by atoms with van der Waals surface area (Å²) in [7, 11) is 2.10. The van der Waals surface area contributed by atoms with Crippen LogP contribution >= 0.6 is 0 Å². The first kappa shape index (κ1) is 8.97. The Morgan fingerprint density at radius 2 is 2.36 bits per heavy atom. The number of likely N-dealkylation sites (N-methyl/N-ethyl adjacent to an activating group) is 1. The summed E-state index contributed by atoms with van der Waals surface area (Å²) in [5.74, 6) is 0. The number of aliphatic hydroxyl groups is 1. The van der Waals surface area contributed by atoms with Gasteiger partial charge in [-0.2, -0.15) is 0 Å². The molecule has 1 aliphatic heterocycles. The highest BCUT2D eigenvalue weighted by molar-refractivity contribution is 4.78. The summed E-state index contributed by atoms with van der Waals surface area (Å²) in [6.07, 6.45) is 1.17. The summed E-state index contributed by atoms with van der Waals surface area (Å²) in [5.41, 5.74) is 0. The second-order valence-electron chi connectivity index (χ2n) is 3.50. The van der Waals surface area contributed by atoms with Crippen LogP contribution in [-0.4, -0.2) is 48.8 Å². The molecular formula is C8H18N2O. The van der Waals surface area contributed by atoms with Gasteiger partial charge >= 0.3 is 0 Å². The van der Waals surface area contributed by atoms with E-state index in [1.165, 1.54) is 6.42 Å². The van der Waals surface area contributed by atoms with Crippen molar-refractivity contribution in [1.82, 2.24) is 10.2 Å². The maximum Gasteiger partial charge on any atom is 0.0597 e. The average molecular weight is 158 g/mol. The van der Waals surface area contributed by atoms with E-state index >= 15 is 0 Å². The van der Waals surface area contributed by atoms with Gasteiger partial charge < -0.3 is 15.3 Å². The molecule has 1 heterocycles. The zero-order chi connectivity index (χ0) is 8.27. The highest BCUT2D eigenvalue weighted by Crippen LogP contribution is 2.02. The number of nitrogens with zero attached hydrogens (tertiary/aromatic N) is 1. The van der Waals surface area contributed by atoms with Crippen molar-refractivity contribution < 1.29 is 5.11 Å². The zero-order valence-corrected chi connectivity index (χ0v) is 7.38. The highest BCUT2D eigenvalue weighted by atomic mass is 16.3. The van der Waals surface area contributed by atoms with Crippen molar-refractivity contribution in [3.63, 3.8) is 0 Å². The molecule has 0 radical (unpaired) electrons. The van der Waals surface area contributed by atoms with Crippen molar-refractivity contribution in [3.05, 3.63) is 0 Å². The molecule has 0 bridgehead atoms. The Balaban J connectivity index is 2.41. The molecule has 2 N–H and O–H groups in total. The van der Waals surface area contributed by atoms with Gasteiger partial charge in [0.05, 0.1) is 6.61 Å². The van der Waals surface area contributed by atoms with Crippen molar-refractivity contribution >= 4 is 0 Å². The van der Waals surface area contributed by atoms with Crippen LogP contribution in [0.4, 0.5) is 0 Å². The van der Waals surface area contributed by atoms with Crippen LogP contribution in [0.25, 0.3) is 0 Å². The lowest BCUT2D eigenvalue weighted by molar-refractivity contribution is 0.213. The van der Waals surface area contributed by atoms with Crippen LogP contribution < -0.4 is 5.32 Å². The Morgan fingerprint density at radius 1 is 1.64 bits per heavy atom.